The van der Waals surface area contributed by atoms with Crippen molar-refractivity contribution in [3.05, 3.63) is 321 Å². The molecule has 3 aromatic heterocycles. The van der Waals surface area contributed by atoms with Gasteiger partial charge in [-0.1, -0.05) is 165 Å². The van der Waals surface area contributed by atoms with Gasteiger partial charge in [0.1, 0.15) is 0 Å². The van der Waals surface area contributed by atoms with E-state index < -0.39 is 0 Å². The van der Waals surface area contributed by atoms with Gasteiger partial charge in [-0.2, -0.15) is 0 Å². The molecule has 0 amide bonds. The third-order valence-corrected chi connectivity index (χ3v) is 17.1. The third-order valence-electron chi connectivity index (χ3n) is 17.1. The normalized spacial score (nSPS) is 13.0. The predicted octanol–water partition coefficient (Wildman–Crippen LogP) is 21.8. The molecular weight excluding hydrogens is 1030 g/mol. The van der Waals surface area contributed by atoms with Gasteiger partial charge in [0.25, 0.3) is 0 Å². The van der Waals surface area contributed by atoms with Crippen LogP contribution in [0.25, 0.3) is 77.7 Å². The van der Waals surface area contributed by atoms with Gasteiger partial charge in [0, 0.05) is 95.3 Å². The summed E-state index contributed by atoms with van der Waals surface area (Å²) in [5.74, 6) is 0.344. The van der Waals surface area contributed by atoms with Crippen molar-refractivity contribution in [2.24, 2.45) is 0 Å². The van der Waals surface area contributed by atoms with E-state index in [4.69, 9.17) is 0 Å². The van der Waals surface area contributed by atoms with Crippen molar-refractivity contribution in [3.8, 4) is 17.1 Å². The van der Waals surface area contributed by atoms with Crippen LogP contribution < -0.4 is 14.7 Å². The minimum Gasteiger partial charge on any atom is -0.313 e. The molecule has 1 atom stereocenters. The van der Waals surface area contributed by atoms with Crippen molar-refractivity contribution in [2.45, 2.75) is 19.3 Å². The van der Waals surface area contributed by atoms with Crippen LogP contribution in [0.5, 0.6) is 0 Å². The molecular formula is C79H58N6. The molecule has 1 aliphatic carbocycles. The standard InChI is InChI=1S/C79H58N6/c1-55-25-24-40-70-73-54-64(45-48-78(73)85(79(55)70)61-36-18-7-19-37-61)82(58-30-12-4-13-31-58)67-50-65(80(56-26-8-2-9-27-56)62-43-46-76-71(52-62)68-38-20-22-41-74(68)83(76)59-32-14-5-15-33-59)49-66(51-67)81(57-28-10-3-11-29-57)63-44-47-77-72(53-63)69-39-21-23-42-75(69)84(77)60-34-16-6-17-35-60/h2-24,26-55H,25H2,1H3. The number of aromatic nitrogens is 3. The minimum atomic E-state index is 0.344. The molecule has 0 aliphatic heterocycles. The maximum Gasteiger partial charge on any atom is 0.0542 e. The van der Waals surface area contributed by atoms with Gasteiger partial charge in [-0.3, -0.25) is 0 Å². The lowest BCUT2D eigenvalue weighted by Gasteiger charge is -2.33. The fourth-order valence-corrected chi connectivity index (χ4v) is 13.4. The summed E-state index contributed by atoms with van der Waals surface area (Å²) in [6.45, 7) is 2.36. The zero-order chi connectivity index (χ0) is 56.4. The van der Waals surface area contributed by atoms with Gasteiger partial charge >= 0.3 is 0 Å². The molecule has 0 saturated heterocycles. The lowest BCUT2D eigenvalue weighted by atomic mass is 9.93. The summed E-state index contributed by atoms with van der Waals surface area (Å²) in [7, 11) is 0. The topological polar surface area (TPSA) is 24.5 Å². The Morgan fingerprint density at radius 3 is 0.988 bits per heavy atom. The Bertz CT molecular complexity index is 4770. The van der Waals surface area contributed by atoms with Gasteiger partial charge in [-0.25, -0.2) is 0 Å². The molecule has 12 aromatic carbocycles. The van der Waals surface area contributed by atoms with Gasteiger partial charge in [0.15, 0.2) is 0 Å². The molecule has 6 nitrogen and oxygen atoms in total. The summed E-state index contributed by atoms with van der Waals surface area (Å²) in [6.07, 6.45) is 5.70. The first-order chi connectivity index (χ1) is 42.1. The number of nitrogens with zero attached hydrogens (tertiary/aromatic N) is 6. The van der Waals surface area contributed by atoms with Crippen LogP contribution in [-0.2, 0) is 0 Å². The Morgan fingerprint density at radius 1 is 0.271 bits per heavy atom. The monoisotopic (exact) mass is 1090 g/mol. The van der Waals surface area contributed by atoms with Gasteiger partial charge in [-0.15, -0.1) is 0 Å². The van der Waals surface area contributed by atoms with Crippen LogP contribution in [-0.4, -0.2) is 13.7 Å². The summed E-state index contributed by atoms with van der Waals surface area (Å²) in [5, 5.41) is 5.97. The fourth-order valence-electron chi connectivity index (χ4n) is 13.4. The zero-order valence-corrected chi connectivity index (χ0v) is 47.0. The quantitative estimate of drug-likeness (QED) is 0.122. The maximum atomic E-state index is 2.49. The van der Waals surface area contributed by atoms with E-state index in [1.165, 1.54) is 60.4 Å². The molecule has 0 spiro atoms. The van der Waals surface area contributed by atoms with Crippen molar-refractivity contribution >= 4 is 112 Å². The van der Waals surface area contributed by atoms with Crippen LogP contribution in [0, 0.1) is 0 Å². The Balaban J connectivity index is 0.970. The zero-order valence-electron chi connectivity index (χ0n) is 47.0. The van der Waals surface area contributed by atoms with E-state index >= 15 is 0 Å². The first kappa shape index (κ1) is 49.7. The third kappa shape index (κ3) is 8.48. The highest BCUT2D eigenvalue weighted by atomic mass is 15.2. The second-order valence-corrected chi connectivity index (χ2v) is 22.2. The first-order valence-electron chi connectivity index (χ1n) is 29.4. The average molecular weight is 1090 g/mol. The molecule has 0 N–H and O–H groups in total. The molecule has 6 heteroatoms. The molecule has 0 saturated carbocycles. The van der Waals surface area contributed by atoms with Gasteiger partial charge in [0.2, 0.25) is 0 Å². The van der Waals surface area contributed by atoms with Crippen LogP contribution in [0.2, 0.25) is 0 Å². The van der Waals surface area contributed by atoms with Crippen LogP contribution in [0.3, 0.4) is 0 Å². The second kappa shape index (κ2) is 20.7. The van der Waals surface area contributed by atoms with Crippen LogP contribution in [0.1, 0.15) is 30.5 Å². The maximum absolute atomic E-state index is 2.49. The van der Waals surface area contributed by atoms with E-state index in [1.54, 1.807) is 0 Å². The molecule has 15 aromatic rings. The molecule has 404 valence electrons. The van der Waals surface area contributed by atoms with Crippen molar-refractivity contribution in [3.63, 3.8) is 0 Å². The van der Waals surface area contributed by atoms with Crippen molar-refractivity contribution in [2.75, 3.05) is 14.7 Å². The van der Waals surface area contributed by atoms with Gasteiger partial charge in [-0.05, 0) is 164 Å². The average Bonchev–Trinajstić information content (AvgIpc) is 2.73. The van der Waals surface area contributed by atoms with E-state index in [2.05, 4.69) is 351 Å². The Labute approximate surface area is 494 Å². The molecule has 1 aliphatic rings. The first-order valence-corrected chi connectivity index (χ1v) is 29.4. The number of hydrogen-bond donors (Lipinski definition) is 0. The highest BCUT2D eigenvalue weighted by Crippen LogP contribution is 2.49. The van der Waals surface area contributed by atoms with E-state index in [0.717, 1.165) is 80.0 Å². The van der Waals surface area contributed by atoms with E-state index in [9.17, 15) is 0 Å². The number of hydrogen-bond acceptors (Lipinski definition) is 3. The molecule has 0 fully saturated rings. The summed E-state index contributed by atoms with van der Waals surface area (Å²) in [6, 6.07) is 111. The highest BCUT2D eigenvalue weighted by molar-refractivity contribution is 6.12. The summed E-state index contributed by atoms with van der Waals surface area (Å²) in [4.78, 5) is 7.33. The van der Waals surface area contributed by atoms with Crippen molar-refractivity contribution in [1.29, 1.82) is 0 Å². The van der Waals surface area contributed by atoms with Crippen molar-refractivity contribution < 1.29 is 0 Å². The number of para-hydroxylation sites is 8. The minimum absolute atomic E-state index is 0.344. The van der Waals surface area contributed by atoms with Crippen LogP contribution >= 0.6 is 0 Å². The Kier molecular flexibility index (Phi) is 12.1. The number of anilines is 9. The number of allylic oxidation sites excluding steroid dienone is 1. The van der Waals surface area contributed by atoms with Crippen LogP contribution in [0.15, 0.2) is 309 Å². The number of rotatable bonds is 12. The van der Waals surface area contributed by atoms with E-state index in [1.807, 2.05) is 0 Å². The molecule has 0 bridgehead atoms. The predicted molar refractivity (Wildman–Crippen MR) is 358 cm³/mol. The molecule has 0 radical (unpaired) electrons. The Morgan fingerprint density at radius 2 is 0.588 bits per heavy atom. The second-order valence-electron chi connectivity index (χ2n) is 22.2. The smallest absolute Gasteiger partial charge is 0.0542 e. The van der Waals surface area contributed by atoms with Crippen molar-refractivity contribution in [1.82, 2.24) is 13.7 Å². The lowest BCUT2D eigenvalue weighted by molar-refractivity contribution is 0.723. The van der Waals surface area contributed by atoms with E-state index in [-0.39, 0.29) is 0 Å². The largest absolute Gasteiger partial charge is 0.313 e. The Hall–Kier alpha value is -11.1. The highest BCUT2D eigenvalue weighted by Gasteiger charge is 2.28. The summed E-state index contributed by atoms with van der Waals surface area (Å²) in [5.41, 5.74) is 21.2. The number of benzene rings is 12. The molecule has 85 heavy (non-hydrogen) atoms. The summed E-state index contributed by atoms with van der Waals surface area (Å²) < 4.78 is 7.27. The molecule has 3 heterocycles. The number of fused-ring (bicyclic) bond motifs is 9. The molecule has 16 rings (SSSR count). The molecule has 1 unspecified atom stereocenters. The SMILES string of the molecule is CC1CC=Cc2c1n(-c1ccccc1)c1ccc(N(c3ccccc3)c3cc(N(c4ccccc4)c4ccc5c(c4)c4ccccc4n5-c4ccccc4)cc(N(c4ccccc4)c4ccc5c(c4)c4ccccc4n5-c4ccccc4)c3)cc21. The van der Waals surface area contributed by atoms with Gasteiger partial charge in [0.05, 0.1) is 44.6 Å². The van der Waals surface area contributed by atoms with Crippen LogP contribution in [0.4, 0.5) is 51.2 Å². The lowest BCUT2D eigenvalue weighted by Crippen LogP contribution is -2.16. The fraction of sp³-hybridized carbons (Fsp3) is 0.0380. The van der Waals surface area contributed by atoms with E-state index in [0.29, 0.717) is 5.92 Å². The van der Waals surface area contributed by atoms with Gasteiger partial charge < -0.3 is 28.4 Å². The summed E-state index contributed by atoms with van der Waals surface area (Å²) >= 11 is 0.